The minimum atomic E-state index is -0.309. The van der Waals surface area contributed by atoms with E-state index in [2.05, 4.69) is 4.98 Å². The Morgan fingerprint density at radius 3 is 2.94 bits per heavy atom. The van der Waals surface area contributed by atoms with Crippen molar-refractivity contribution in [1.82, 2.24) is 4.98 Å². The van der Waals surface area contributed by atoms with E-state index in [1.807, 2.05) is 0 Å². The second kappa shape index (κ2) is 5.61. The maximum absolute atomic E-state index is 11.6. The Morgan fingerprint density at radius 2 is 2.25 bits per heavy atom. The number of esters is 1. The van der Waals surface area contributed by atoms with Crippen molar-refractivity contribution in [1.29, 1.82) is 0 Å². The van der Waals surface area contributed by atoms with E-state index in [1.165, 1.54) is 0 Å². The van der Waals surface area contributed by atoms with E-state index in [4.69, 9.17) is 9.47 Å². The number of carbonyl (C=O) groups is 1. The standard InChI is InChI=1S/C12H15NO3/c14-12(10-4-6-13-7-5-10)16-9-11-3-1-2-8-15-11/h4-7,11H,1-3,8-9H2/t11-/m0/s1. The highest BCUT2D eigenvalue weighted by atomic mass is 16.6. The van der Waals surface area contributed by atoms with Crippen molar-refractivity contribution in [2.45, 2.75) is 25.4 Å². The maximum atomic E-state index is 11.6. The lowest BCUT2D eigenvalue weighted by atomic mass is 10.1. The van der Waals surface area contributed by atoms with E-state index in [-0.39, 0.29) is 12.1 Å². The Balaban J connectivity index is 1.79. The Hall–Kier alpha value is -1.42. The molecule has 0 spiro atoms. The number of hydrogen-bond acceptors (Lipinski definition) is 4. The van der Waals surface area contributed by atoms with Gasteiger partial charge in [-0.05, 0) is 31.4 Å². The van der Waals surface area contributed by atoms with Gasteiger partial charge < -0.3 is 9.47 Å². The van der Waals surface area contributed by atoms with Crippen LogP contribution in [-0.2, 0) is 9.47 Å². The van der Waals surface area contributed by atoms with Crippen LogP contribution in [-0.4, -0.2) is 30.3 Å². The zero-order chi connectivity index (χ0) is 11.2. The van der Waals surface area contributed by atoms with Gasteiger partial charge in [0.15, 0.2) is 0 Å². The first-order valence-electron chi connectivity index (χ1n) is 5.55. The van der Waals surface area contributed by atoms with E-state index < -0.39 is 0 Å². The number of ether oxygens (including phenoxy) is 2. The molecule has 1 atom stereocenters. The van der Waals surface area contributed by atoms with Crippen LogP contribution in [0.15, 0.2) is 24.5 Å². The Kier molecular flexibility index (Phi) is 3.88. The monoisotopic (exact) mass is 221 g/mol. The van der Waals surface area contributed by atoms with Crippen molar-refractivity contribution in [2.75, 3.05) is 13.2 Å². The van der Waals surface area contributed by atoms with Crippen molar-refractivity contribution in [3.8, 4) is 0 Å². The molecule has 0 N–H and O–H groups in total. The van der Waals surface area contributed by atoms with Gasteiger partial charge in [0, 0.05) is 19.0 Å². The molecule has 1 aromatic heterocycles. The van der Waals surface area contributed by atoms with Crippen LogP contribution in [0.25, 0.3) is 0 Å². The average molecular weight is 221 g/mol. The van der Waals surface area contributed by atoms with Crippen molar-refractivity contribution >= 4 is 5.97 Å². The predicted octanol–water partition coefficient (Wildman–Crippen LogP) is 1.81. The van der Waals surface area contributed by atoms with Gasteiger partial charge in [0.25, 0.3) is 0 Å². The molecule has 0 unspecified atom stereocenters. The maximum Gasteiger partial charge on any atom is 0.338 e. The first-order chi connectivity index (χ1) is 7.86. The third-order valence-electron chi connectivity index (χ3n) is 2.59. The van der Waals surface area contributed by atoms with Crippen LogP contribution in [0.4, 0.5) is 0 Å². The average Bonchev–Trinajstić information content (AvgIpc) is 2.38. The minimum Gasteiger partial charge on any atom is -0.459 e. The number of carbonyl (C=O) groups excluding carboxylic acids is 1. The number of pyridine rings is 1. The first-order valence-corrected chi connectivity index (χ1v) is 5.55. The van der Waals surface area contributed by atoms with Gasteiger partial charge in [-0.25, -0.2) is 4.79 Å². The largest absolute Gasteiger partial charge is 0.459 e. The van der Waals surface area contributed by atoms with Crippen LogP contribution in [0, 0.1) is 0 Å². The number of rotatable bonds is 3. The normalized spacial score (nSPS) is 20.4. The van der Waals surface area contributed by atoms with E-state index in [0.29, 0.717) is 12.2 Å². The highest BCUT2D eigenvalue weighted by molar-refractivity contribution is 5.89. The molecule has 1 aromatic rings. The lowest BCUT2D eigenvalue weighted by Crippen LogP contribution is -2.25. The van der Waals surface area contributed by atoms with Crippen LogP contribution in [0.3, 0.4) is 0 Å². The molecule has 0 bridgehead atoms. The molecule has 2 rings (SSSR count). The van der Waals surface area contributed by atoms with Crippen molar-refractivity contribution in [3.63, 3.8) is 0 Å². The van der Waals surface area contributed by atoms with Gasteiger partial charge in [-0.2, -0.15) is 0 Å². The first kappa shape index (κ1) is 11.1. The lowest BCUT2D eigenvalue weighted by molar-refractivity contribution is -0.0300. The summed E-state index contributed by atoms with van der Waals surface area (Å²) in [4.78, 5) is 15.4. The summed E-state index contributed by atoms with van der Waals surface area (Å²) in [6.45, 7) is 1.12. The van der Waals surface area contributed by atoms with Crippen LogP contribution in [0.5, 0.6) is 0 Å². The number of hydrogen-bond donors (Lipinski definition) is 0. The molecule has 0 aromatic carbocycles. The van der Waals surface area contributed by atoms with Gasteiger partial charge in [-0.15, -0.1) is 0 Å². The predicted molar refractivity (Wildman–Crippen MR) is 58.1 cm³/mol. The Bertz CT molecular complexity index is 333. The van der Waals surface area contributed by atoms with Crippen LogP contribution in [0.1, 0.15) is 29.6 Å². The van der Waals surface area contributed by atoms with E-state index in [0.717, 1.165) is 25.9 Å². The molecule has 1 fully saturated rings. The summed E-state index contributed by atoms with van der Waals surface area (Å²) in [7, 11) is 0. The van der Waals surface area contributed by atoms with Crippen molar-refractivity contribution in [2.24, 2.45) is 0 Å². The fraction of sp³-hybridized carbons (Fsp3) is 0.500. The molecule has 0 amide bonds. The van der Waals surface area contributed by atoms with Gasteiger partial charge in [0.05, 0.1) is 11.7 Å². The Morgan fingerprint density at radius 1 is 1.44 bits per heavy atom. The quantitative estimate of drug-likeness (QED) is 0.730. The summed E-state index contributed by atoms with van der Waals surface area (Å²) >= 11 is 0. The second-order valence-corrected chi connectivity index (χ2v) is 3.82. The van der Waals surface area contributed by atoms with E-state index in [9.17, 15) is 4.79 Å². The third kappa shape index (κ3) is 3.03. The van der Waals surface area contributed by atoms with Gasteiger partial charge in [-0.3, -0.25) is 4.98 Å². The third-order valence-corrected chi connectivity index (χ3v) is 2.59. The van der Waals surface area contributed by atoms with Crippen molar-refractivity contribution < 1.29 is 14.3 Å². The van der Waals surface area contributed by atoms with Crippen LogP contribution >= 0.6 is 0 Å². The van der Waals surface area contributed by atoms with Gasteiger partial charge in [0.2, 0.25) is 0 Å². The molecule has 2 heterocycles. The van der Waals surface area contributed by atoms with E-state index >= 15 is 0 Å². The molecule has 1 aliphatic rings. The molecule has 0 aliphatic carbocycles. The molecule has 0 saturated carbocycles. The summed E-state index contributed by atoms with van der Waals surface area (Å²) < 4.78 is 10.7. The lowest BCUT2D eigenvalue weighted by Gasteiger charge is -2.21. The summed E-state index contributed by atoms with van der Waals surface area (Å²) in [5.41, 5.74) is 0.533. The fourth-order valence-electron chi connectivity index (χ4n) is 1.68. The van der Waals surface area contributed by atoms with E-state index in [1.54, 1.807) is 24.5 Å². The number of aromatic nitrogens is 1. The van der Waals surface area contributed by atoms with Gasteiger partial charge in [-0.1, -0.05) is 0 Å². The fourth-order valence-corrected chi connectivity index (χ4v) is 1.68. The summed E-state index contributed by atoms with van der Waals surface area (Å²) in [5, 5.41) is 0. The van der Waals surface area contributed by atoms with Crippen LogP contribution in [0.2, 0.25) is 0 Å². The molecule has 4 nitrogen and oxygen atoms in total. The number of nitrogens with zero attached hydrogens (tertiary/aromatic N) is 1. The van der Waals surface area contributed by atoms with Gasteiger partial charge in [0.1, 0.15) is 6.61 Å². The molecular formula is C12H15NO3. The molecule has 0 radical (unpaired) electrons. The zero-order valence-corrected chi connectivity index (χ0v) is 9.09. The summed E-state index contributed by atoms with van der Waals surface area (Å²) in [5.74, 6) is -0.309. The smallest absolute Gasteiger partial charge is 0.338 e. The Labute approximate surface area is 94.6 Å². The molecule has 86 valence electrons. The summed E-state index contributed by atoms with van der Waals surface area (Å²) in [6.07, 6.45) is 6.46. The zero-order valence-electron chi connectivity index (χ0n) is 9.09. The summed E-state index contributed by atoms with van der Waals surface area (Å²) in [6, 6.07) is 3.29. The molecule has 1 saturated heterocycles. The highest BCUT2D eigenvalue weighted by Gasteiger charge is 2.16. The molecular weight excluding hydrogens is 206 g/mol. The van der Waals surface area contributed by atoms with Crippen LogP contribution < -0.4 is 0 Å². The SMILES string of the molecule is O=C(OC[C@@H]1CCCCO1)c1ccncc1. The highest BCUT2D eigenvalue weighted by Crippen LogP contribution is 2.13. The molecule has 16 heavy (non-hydrogen) atoms. The van der Waals surface area contributed by atoms with Crippen molar-refractivity contribution in [3.05, 3.63) is 30.1 Å². The molecule has 4 heteroatoms. The minimum absolute atomic E-state index is 0.0690. The molecule has 1 aliphatic heterocycles. The second-order valence-electron chi connectivity index (χ2n) is 3.82. The topological polar surface area (TPSA) is 48.4 Å². The van der Waals surface area contributed by atoms with Gasteiger partial charge >= 0.3 is 5.97 Å².